The van der Waals surface area contributed by atoms with E-state index >= 15 is 0 Å². The number of nitrogens with zero attached hydrogens (tertiary/aromatic N) is 1. The normalized spacial score (nSPS) is 19.3. The molecule has 1 saturated heterocycles. The smallest absolute Gasteiger partial charge is 0.161 e. The zero-order chi connectivity index (χ0) is 26.9. The Labute approximate surface area is 240 Å². The van der Waals surface area contributed by atoms with Crippen molar-refractivity contribution in [1.29, 1.82) is 0 Å². The third-order valence-electron chi connectivity index (χ3n) is 7.06. The van der Waals surface area contributed by atoms with Crippen LogP contribution in [0, 0.1) is 0 Å². The monoisotopic (exact) mass is 571 g/mol. The highest BCUT2D eigenvalue weighted by Crippen LogP contribution is 2.35. The maximum atomic E-state index is 6.47. The average molecular weight is 573 g/mol. The molecule has 2 aliphatic rings. The fourth-order valence-electron chi connectivity index (χ4n) is 4.98. The zero-order valence-corrected chi connectivity index (χ0v) is 23.5. The lowest BCUT2D eigenvalue weighted by Gasteiger charge is -2.39. The summed E-state index contributed by atoms with van der Waals surface area (Å²) < 4.78 is 29.5. The highest BCUT2D eigenvalue weighted by molar-refractivity contribution is 6.43. The van der Waals surface area contributed by atoms with Gasteiger partial charge >= 0.3 is 0 Å². The van der Waals surface area contributed by atoms with Crippen molar-refractivity contribution in [3.8, 4) is 17.2 Å². The van der Waals surface area contributed by atoms with Gasteiger partial charge in [-0.3, -0.25) is 4.90 Å². The van der Waals surface area contributed by atoms with E-state index in [9.17, 15) is 0 Å². The molecule has 2 aliphatic heterocycles. The van der Waals surface area contributed by atoms with E-state index in [0.717, 1.165) is 42.2 Å². The van der Waals surface area contributed by atoms with E-state index in [0.29, 0.717) is 46.2 Å². The third kappa shape index (κ3) is 8.03. The first-order chi connectivity index (χ1) is 19.2. The van der Waals surface area contributed by atoms with Gasteiger partial charge in [0.25, 0.3) is 0 Å². The van der Waals surface area contributed by atoms with Crippen molar-refractivity contribution in [2.45, 2.75) is 43.0 Å². The number of hydrogen-bond donors (Lipinski definition) is 0. The molecule has 0 aromatic heterocycles. The molecule has 0 saturated carbocycles. The molecule has 2 unspecified atom stereocenters. The highest BCUT2D eigenvalue weighted by atomic mass is 35.5. The predicted octanol–water partition coefficient (Wildman–Crippen LogP) is 6.58. The minimum absolute atomic E-state index is 0.0551. The average Bonchev–Trinajstić information content (AvgIpc) is 2.98. The van der Waals surface area contributed by atoms with Crippen LogP contribution in [0.25, 0.3) is 0 Å². The van der Waals surface area contributed by atoms with Gasteiger partial charge in [0.05, 0.1) is 32.5 Å². The second kappa shape index (κ2) is 14.2. The molecule has 1 fully saturated rings. The number of likely N-dealkylation sites (tertiary alicyclic amines) is 1. The lowest BCUT2D eigenvalue weighted by atomic mass is 9.87. The van der Waals surface area contributed by atoms with E-state index in [1.807, 2.05) is 53.4 Å². The maximum Gasteiger partial charge on any atom is 0.161 e. The van der Waals surface area contributed by atoms with Crippen molar-refractivity contribution in [2.75, 3.05) is 39.5 Å². The topological polar surface area (TPSA) is 49.4 Å². The number of alkyl halides is 2. The molecule has 0 aliphatic carbocycles. The van der Waals surface area contributed by atoms with Crippen LogP contribution < -0.4 is 14.2 Å². The standard InChI is InChI=1S/C31H35Cl2NO5/c32-31(33)34-14-13-27(30(20-34)39-22-24-7-12-28-29(19-24)38-18-17-37-28)25-8-10-26(11-9-25)36-16-4-15-35-21-23-5-2-1-3-6-23/h1-3,5-12,19,27,30-31H,4,13-18,20-22H2. The molecule has 0 bridgehead atoms. The third-order valence-corrected chi connectivity index (χ3v) is 7.61. The molecule has 6 nitrogen and oxygen atoms in total. The van der Waals surface area contributed by atoms with Crippen molar-refractivity contribution in [3.05, 3.63) is 89.5 Å². The first-order valence-corrected chi connectivity index (χ1v) is 14.4. The molecular formula is C31H35Cl2NO5. The van der Waals surface area contributed by atoms with E-state index < -0.39 is 4.96 Å². The molecule has 39 heavy (non-hydrogen) atoms. The van der Waals surface area contributed by atoms with Gasteiger partial charge in [-0.25, -0.2) is 0 Å². The minimum Gasteiger partial charge on any atom is -0.494 e. The van der Waals surface area contributed by atoms with Crippen molar-refractivity contribution < 1.29 is 23.7 Å². The van der Waals surface area contributed by atoms with Crippen LogP contribution in [0.15, 0.2) is 72.8 Å². The SMILES string of the molecule is ClC(Cl)N1CCC(c2ccc(OCCCOCc3ccccc3)cc2)C(OCc2ccc3c(c2)OCCO3)C1. The number of rotatable bonds is 12. The summed E-state index contributed by atoms with van der Waals surface area (Å²) in [5.41, 5.74) is 3.45. The second-order valence-electron chi connectivity index (χ2n) is 9.80. The Bertz CT molecular complexity index is 1160. The molecule has 3 aromatic rings. The van der Waals surface area contributed by atoms with Gasteiger partial charge in [0.2, 0.25) is 0 Å². The van der Waals surface area contributed by atoms with Crippen molar-refractivity contribution in [2.24, 2.45) is 0 Å². The van der Waals surface area contributed by atoms with Gasteiger partial charge in [0.15, 0.2) is 16.5 Å². The highest BCUT2D eigenvalue weighted by Gasteiger charge is 2.33. The molecule has 0 radical (unpaired) electrons. The summed E-state index contributed by atoms with van der Waals surface area (Å²) >= 11 is 12.4. The molecule has 8 heteroatoms. The van der Waals surface area contributed by atoms with Crippen LogP contribution in [0.4, 0.5) is 0 Å². The van der Waals surface area contributed by atoms with Gasteiger partial charge in [0, 0.05) is 25.4 Å². The number of hydrogen-bond acceptors (Lipinski definition) is 6. The van der Waals surface area contributed by atoms with E-state index in [-0.39, 0.29) is 12.0 Å². The van der Waals surface area contributed by atoms with E-state index in [2.05, 4.69) is 24.3 Å². The fourth-order valence-corrected chi connectivity index (χ4v) is 5.33. The van der Waals surface area contributed by atoms with E-state index in [1.54, 1.807) is 0 Å². The summed E-state index contributed by atoms with van der Waals surface area (Å²) in [5, 5.41) is 0. The van der Waals surface area contributed by atoms with Crippen LogP contribution in [0.5, 0.6) is 17.2 Å². The lowest BCUT2D eigenvalue weighted by Crippen LogP contribution is -2.45. The van der Waals surface area contributed by atoms with Gasteiger partial charge in [-0.1, -0.05) is 71.7 Å². The van der Waals surface area contributed by atoms with E-state index in [1.165, 1.54) is 11.1 Å². The predicted molar refractivity (Wildman–Crippen MR) is 153 cm³/mol. The Morgan fingerprint density at radius 2 is 1.64 bits per heavy atom. The van der Waals surface area contributed by atoms with Crippen molar-refractivity contribution >= 4 is 23.2 Å². The van der Waals surface area contributed by atoms with Crippen LogP contribution in [-0.2, 0) is 22.7 Å². The molecule has 2 atom stereocenters. The summed E-state index contributed by atoms with van der Waals surface area (Å²) in [6, 6.07) is 24.5. The number of piperidine rings is 1. The molecule has 0 N–H and O–H groups in total. The van der Waals surface area contributed by atoms with Gasteiger partial charge in [-0.05, 0) is 47.4 Å². The fraction of sp³-hybridized carbons (Fsp3) is 0.419. The van der Waals surface area contributed by atoms with Crippen LogP contribution in [-0.4, -0.2) is 55.5 Å². The zero-order valence-electron chi connectivity index (χ0n) is 22.0. The summed E-state index contributed by atoms with van der Waals surface area (Å²) in [4.78, 5) is 1.49. The quantitative estimate of drug-likeness (QED) is 0.139. The first kappa shape index (κ1) is 28.1. The largest absolute Gasteiger partial charge is 0.494 e. The number of ether oxygens (including phenoxy) is 5. The summed E-state index contributed by atoms with van der Waals surface area (Å²) in [7, 11) is 0. The lowest BCUT2D eigenvalue weighted by molar-refractivity contribution is -0.0227. The number of halogens is 2. The molecular weight excluding hydrogens is 537 g/mol. The van der Waals surface area contributed by atoms with Crippen molar-refractivity contribution in [1.82, 2.24) is 4.90 Å². The Balaban J connectivity index is 1.13. The molecule has 208 valence electrons. The number of benzene rings is 3. The summed E-state index contributed by atoms with van der Waals surface area (Å²) in [6.07, 6.45) is 1.68. The van der Waals surface area contributed by atoms with E-state index in [4.69, 9.17) is 46.9 Å². The molecule has 0 amide bonds. The van der Waals surface area contributed by atoms with Gasteiger partial charge < -0.3 is 23.7 Å². The first-order valence-electron chi connectivity index (χ1n) is 13.5. The molecule has 3 aromatic carbocycles. The minimum atomic E-state index is -0.557. The Morgan fingerprint density at radius 1 is 0.846 bits per heavy atom. The van der Waals surface area contributed by atoms with Gasteiger partial charge in [-0.15, -0.1) is 0 Å². The van der Waals surface area contributed by atoms with Crippen LogP contribution in [0.2, 0.25) is 0 Å². The van der Waals surface area contributed by atoms with Gasteiger partial charge in [0.1, 0.15) is 19.0 Å². The molecule has 5 rings (SSSR count). The van der Waals surface area contributed by atoms with Crippen molar-refractivity contribution in [3.63, 3.8) is 0 Å². The Hall–Kier alpha value is -2.48. The van der Waals surface area contributed by atoms with Crippen LogP contribution in [0.1, 0.15) is 35.4 Å². The second-order valence-corrected chi connectivity index (χ2v) is 10.9. The Kier molecular flexibility index (Phi) is 10.2. The maximum absolute atomic E-state index is 6.47. The molecule has 0 spiro atoms. The van der Waals surface area contributed by atoms with Crippen LogP contribution >= 0.6 is 23.2 Å². The molecule has 2 heterocycles. The van der Waals surface area contributed by atoms with Crippen LogP contribution in [0.3, 0.4) is 0 Å². The Morgan fingerprint density at radius 3 is 2.44 bits per heavy atom. The summed E-state index contributed by atoms with van der Waals surface area (Å²) in [6.45, 7) is 4.98. The summed E-state index contributed by atoms with van der Waals surface area (Å²) in [5.74, 6) is 2.63. The number of fused-ring (bicyclic) bond motifs is 1. The van der Waals surface area contributed by atoms with Gasteiger partial charge in [-0.2, -0.15) is 0 Å².